The molecule has 0 aliphatic heterocycles. The third-order valence-corrected chi connectivity index (χ3v) is 3.55. The fourth-order valence-corrected chi connectivity index (χ4v) is 2.71. The molecule has 0 spiro atoms. The molecule has 0 saturated heterocycles. The Morgan fingerprint density at radius 1 is 1.13 bits per heavy atom. The van der Waals surface area contributed by atoms with E-state index in [1.54, 1.807) is 11.1 Å². The minimum absolute atomic E-state index is 0.853. The molecule has 0 unspecified atom stereocenters. The number of hydrogen-bond donors (Lipinski definition) is 0. The summed E-state index contributed by atoms with van der Waals surface area (Å²) >= 11 is 0. The lowest BCUT2D eigenvalue weighted by Gasteiger charge is -2.14. The zero-order valence-corrected chi connectivity index (χ0v) is 9.54. The highest BCUT2D eigenvalue weighted by atomic mass is 14.2. The monoisotopic (exact) mass is 201 g/mol. The fourth-order valence-electron chi connectivity index (χ4n) is 2.71. The number of rotatable bonds is 4. The summed E-state index contributed by atoms with van der Waals surface area (Å²) in [5.41, 5.74) is 3.21. The summed E-state index contributed by atoms with van der Waals surface area (Å²) in [6, 6.07) is 9.02. The molecule has 0 atom stereocenters. The third kappa shape index (κ3) is 2.62. The van der Waals surface area contributed by atoms with Gasteiger partial charge >= 0.3 is 0 Å². The van der Waals surface area contributed by atoms with Crippen LogP contribution in [0.1, 0.15) is 55.6 Å². The van der Waals surface area contributed by atoms with E-state index in [1.807, 2.05) is 0 Å². The fraction of sp³-hybridized carbons (Fsp3) is 0.533. The molecule has 1 aliphatic rings. The Bertz CT molecular complexity index is 295. The smallest absolute Gasteiger partial charge is 0.0159 e. The number of aryl methyl sites for hydroxylation is 1. The maximum absolute atomic E-state index is 3.93. The molecular weight excluding hydrogens is 180 g/mol. The summed E-state index contributed by atoms with van der Waals surface area (Å²) < 4.78 is 0. The van der Waals surface area contributed by atoms with Gasteiger partial charge in [-0.1, -0.05) is 50.5 Å². The standard InChI is InChI=1S/C15H21/c1-2-3-8-13-11-6-7-12-15(13)14-9-4-5-10-14/h6-7,11-12,14H,1-5,8-10H2. The molecule has 0 amide bonds. The van der Waals surface area contributed by atoms with Gasteiger partial charge in [0.2, 0.25) is 0 Å². The molecular formula is C15H21. The van der Waals surface area contributed by atoms with Crippen molar-refractivity contribution < 1.29 is 0 Å². The van der Waals surface area contributed by atoms with Crippen LogP contribution in [0.2, 0.25) is 0 Å². The summed E-state index contributed by atoms with van der Waals surface area (Å²) in [6.07, 6.45) is 9.16. The van der Waals surface area contributed by atoms with Gasteiger partial charge in [-0.25, -0.2) is 0 Å². The normalized spacial score (nSPS) is 17.1. The topological polar surface area (TPSA) is 0 Å². The van der Waals surface area contributed by atoms with E-state index in [4.69, 9.17) is 0 Å². The van der Waals surface area contributed by atoms with Gasteiger partial charge in [-0.05, 0) is 42.7 Å². The van der Waals surface area contributed by atoms with Gasteiger partial charge in [0.1, 0.15) is 0 Å². The predicted octanol–water partition coefficient (Wildman–Crippen LogP) is 4.50. The molecule has 81 valence electrons. The van der Waals surface area contributed by atoms with Crippen molar-refractivity contribution in [2.45, 2.75) is 50.9 Å². The maximum atomic E-state index is 3.93. The third-order valence-electron chi connectivity index (χ3n) is 3.55. The van der Waals surface area contributed by atoms with Crippen LogP contribution >= 0.6 is 0 Å². The van der Waals surface area contributed by atoms with E-state index in [0.29, 0.717) is 0 Å². The van der Waals surface area contributed by atoms with Crippen molar-refractivity contribution in [1.29, 1.82) is 0 Å². The molecule has 0 aromatic heterocycles. The first kappa shape index (κ1) is 10.7. The van der Waals surface area contributed by atoms with E-state index >= 15 is 0 Å². The van der Waals surface area contributed by atoms with E-state index in [-0.39, 0.29) is 0 Å². The van der Waals surface area contributed by atoms with Gasteiger partial charge in [0, 0.05) is 0 Å². The average Bonchev–Trinajstić information content (AvgIpc) is 2.80. The zero-order chi connectivity index (χ0) is 10.5. The van der Waals surface area contributed by atoms with Crippen LogP contribution in [0.25, 0.3) is 0 Å². The molecule has 0 heterocycles. The van der Waals surface area contributed by atoms with Crippen molar-refractivity contribution >= 4 is 0 Å². The second-order valence-electron chi connectivity index (χ2n) is 4.64. The van der Waals surface area contributed by atoms with Gasteiger partial charge in [0.15, 0.2) is 0 Å². The molecule has 15 heavy (non-hydrogen) atoms. The van der Waals surface area contributed by atoms with Gasteiger partial charge in [-0.2, -0.15) is 0 Å². The SMILES string of the molecule is [CH2]CCCc1ccccc1C1CCCC1. The first-order chi connectivity index (χ1) is 7.42. The molecule has 0 nitrogen and oxygen atoms in total. The molecule has 1 saturated carbocycles. The van der Waals surface area contributed by atoms with Gasteiger partial charge < -0.3 is 0 Å². The minimum Gasteiger partial charge on any atom is -0.0620 e. The number of hydrogen-bond acceptors (Lipinski definition) is 0. The Morgan fingerprint density at radius 3 is 2.60 bits per heavy atom. The summed E-state index contributed by atoms with van der Waals surface area (Å²) in [4.78, 5) is 0. The van der Waals surface area contributed by atoms with Crippen LogP contribution in [0.3, 0.4) is 0 Å². The van der Waals surface area contributed by atoms with Gasteiger partial charge in [-0.15, -0.1) is 0 Å². The molecule has 0 bridgehead atoms. The largest absolute Gasteiger partial charge is 0.0620 e. The highest BCUT2D eigenvalue weighted by Gasteiger charge is 2.18. The summed E-state index contributed by atoms with van der Waals surface area (Å²) in [5, 5.41) is 0. The molecule has 0 N–H and O–H groups in total. The van der Waals surface area contributed by atoms with Crippen LogP contribution in [-0.2, 0) is 6.42 Å². The first-order valence-electron chi connectivity index (χ1n) is 6.29. The van der Waals surface area contributed by atoms with Gasteiger partial charge in [-0.3, -0.25) is 0 Å². The van der Waals surface area contributed by atoms with Crippen LogP contribution in [0.5, 0.6) is 0 Å². The second kappa shape index (κ2) is 5.34. The molecule has 1 fully saturated rings. The van der Waals surface area contributed by atoms with Gasteiger partial charge in [0.25, 0.3) is 0 Å². The van der Waals surface area contributed by atoms with Crippen molar-refractivity contribution in [2.75, 3.05) is 0 Å². The molecule has 1 radical (unpaired) electrons. The van der Waals surface area contributed by atoms with Crippen LogP contribution in [-0.4, -0.2) is 0 Å². The van der Waals surface area contributed by atoms with Crippen molar-refractivity contribution in [3.8, 4) is 0 Å². The summed E-state index contributed by atoms with van der Waals surface area (Å²) in [5.74, 6) is 0.853. The highest BCUT2D eigenvalue weighted by Crippen LogP contribution is 2.36. The molecule has 1 aliphatic carbocycles. The maximum Gasteiger partial charge on any atom is -0.0159 e. The lowest BCUT2D eigenvalue weighted by molar-refractivity contribution is 0.704. The summed E-state index contributed by atoms with van der Waals surface area (Å²) in [7, 11) is 0. The van der Waals surface area contributed by atoms with Crippen LogP contribution in [0, 0.1) is 6.92 Å². The Labute approximate surface area is 93.7 Å². The van der Waals surface area contributed by atoms with E-state index in [2.05, 4.69) is 31.2 Å². The van der Waals surface area contributed by atoms with E-state index in [1.165, 1.54) is 38.5 Å². The Kier molecular flexibility index (Phi) is 3.82. The zero-order valence-electron chi connectivity index (χ0n) is 9.54. The van der Waals surface area contributed by atoms with Crippen molar-refractivity contribution in [1.82, 2.24) is 0 Å². The average molecular weight is 201 g/mol. The molecule has 0 heteroatoms. The van der Waals surface area contributed by atoms with Crippen LogP contribution < -0.4 is 0 Å². The molecule has 1 aromatic rings. The van der Waals surface area contributed by atoms with Crippen LogP contribution in [0.4, 0.5) is 0 Å². The van der Waals surface area contributed by atoms with Gasteiger partial charge in [0.05, 0.1) is 0 Å². The Morgan fingerprint density at radius 2 is 1.87 bits per heavy atom. The highest BCUT2D eigenvalue weighted by molar-refractivity contribution is 5.31. The van der Waals surface area contributed by atoms with Crippen molar-refractivity contribution in [2.24, 2.45) is 0 Å². The van der Waals surface area contributed by atoms with Crippen molar-refractivity contribution in [3.63, 3.8) is 0 Å². The lowest BCUT2D eigenvalue weighted by atomic mass is 9.91. The van der Waals surface area contributed by atoms with Crippen LogP contribution in [0.15, 0.2) is 24.3 Å². The van der Waals surface area contributed by atoms with E-state index < -0.39 is 0 Å². The van der Waals surface area contributed by atoms with E-state index in [0.717, 1.165) is 12.3 Å². The number of benzene rings is 1. The molecule has 2 rings (SSSR count). The minimum atomic E-state index is 0.853. The Balaban J connectivity index is 2.13. The quantitative estimate of drug-likeness (QED) is 0.672. The summed E-state index contributed by atoms with van der Waals surface area (Å²) in [6.45, 7) is 3.93. The van der Waals surface area contributed by atoms with Crippen molar-refractivity contribution in [3.05, 3.63) is 42.3 Å². The molecule has 1 aromatic carbocycles. The lowest BCUT2D eigenvalue weighted by Crippen LogP contribution is -1.98. The second-order valence-corrected chi connectivity index (χ2v) is 4.64. The van der Waals surface area contributed by atoms with E-state index in [9.17, 15) is 0 Å². The first-order valence-corrected chi connectivity index (χ1v) is 6.29. The predicted molar refractivity (Wildman–Crippen MR) is 65.9 cm³/mol. The Hall–Kier alpha value is -0.780. The number of unbranched alkanes of at least 4 members (excludes halogenated alkanes) is 1.